The van der Waals surface area contributed by atoms with Crippen molar-refractivity contribution in [2.75, 3.05) is 132 Å². The molecule has 0 aromatic heterocycles. The van der Waals surface area contributed by atoms with Gasteiger partial charge >= 0.3 is 11.9 Å². The molecule has 4 amide bonds. The highest BCUT2D eigenvalue weighted by Crippen LogP contribution is 2.29. The molecule has 79 heavy (non-hydrogen) atoms. The van der Waals surface area contributed by atoms with E-state index < -0.39 is 140 Å². The zero-order valence-electron chi connectivity index (χ0n) is 44.2. The van der Waals surface area contributed by atoms with Crippen molar-refractivity contribution in [2.45, 2.75) is 75.0 Å². The maximum Gasteiger partial charge on any atom is 0.370 e. The van der Waals surface area contributed by atoms with Crippen LogP contribution in [-0.4, -0.2) is 270 Å². The number of rotatable bonds is 42. The molecular formula is C47H78N10O22. The molecule has 448 valence electrons. The van der Waals surface area contributed by atoms with Gasteiger partial charge in [-0.15, -0.1) is 6.42 Å². The summed E-state index contributed by atoms with van der Waals surface area (Å²) < 4.78 is 55.3. The van der Waals surface area contributed by atoms with Crippen LogP contribution in [0.5, 0.6) is 0 Å². The maximum atomic E-state index is 13.3. The molecule has 32 heteroatoms. The lowest BCUT2D eigenvalue weighted by Gasteiger charge is -2.41. The molecule has 10 atom stereocenters. The molecule has 32 nitrogen and oxygen atoms in total. The highest BCUT2D eigenvalue weighted by molar-refractivity contribution is 5.86. The average molecular weight is 1140 g/mol. The molecule has 2 rings (SSSR count). The van der Waals surface area contributed by atoms with Crippen molar-refractivity contribution in [2.24, 2.45) is 17.4 Å². The Bertz CT molecular complexity index is 2030. The number of amides is 4. The number of hydrogen-bond acceptors (Lipinski definition) is 22. The first-order valence-electron chi connectivity index (χ1n) is 25.0. The van der Waals surface area contributed by atoms with Crippen molar-refractivity contribution in [3.63, 3.8) is 0 Å². The van der Waals surface area contributed by atoms with Gasteiger partial charge in [-0.3, -0.25) is 30.0 Å². The van der Waals surface area contributed by atoms with Crippen LogP contribution in [0.15, 0.2) is 23.7 Å². The van der Waals surface area contributed by atoms with E-state index in [1.165, 1.54) is 11.0 Å². The fraction of sp³-hybridized carbons (Fsp3) is 0.702. The number of nitrogens with one attached hydrogen (secondary N) is 7. The summed E-state index contributed by atoms with van der Waals surface area (Å²) in [4.78, 5) is 76.2. The van der Waals surface area contributed by atoms with Crippen LogP contribution >= 0.6 is 0 Å². The second-order valence-corrected chi connectivity index (χ2v) is 17.3. The van der Waals surface area contributed by atoms with Crippen LogP contribution in [0.4, 0.5) is 0 Å². The molecule has 0 saturated heterocycles. The molecular weight excluding hydrogens is 1060 g/mol. The lowest BCUT2D eigenvalue weighted by molar-refractivity contribution is -0.161. The standard InChI is InChI=1S/C47H78N10O22/c1-4-10-70-16-18-74-20-21-75-19-17-71-11-5-38(65)57(8-14-72-12-6-52-36(63)26-76-41(32(61)24-58)40-28(2)30(55-46(48)49)22-34(78-40)44(66)67)9-15-73-13-7-53-37(64)27-77-42(33(62)25-59)43-39(54-29(3)60)31(56-47(50)51)23-35(79-43)45(68)69/h1,22-23,28,30-33,39-43,58-59,61-62H,5-21,24-27H2,2-3H3,(H,52,63)(H,53,64)(H,54,60)(H,66,67)(H,68,69)(H4,48,49,55)(H4,50,51,56)/t28-,30+,31+,32-,33-,39-,40-,41-,42-,43-/m1/s1. The predicted octanol–water partition coefficient (Wildman–Crippen LogP) is -6.77. The molecule has 0 fully saturated rings. The molecule has 0 radical (unpaired) electrons. The van der Waals surface area contributed by atoms with Crippen molar-refractivity contribution in [3.05, 3.63) is 23.7 Å². The number of aliphatic hydroxyl groups excluding tert-OH is 4. The molecule has 0 aromatic carbocycles. The van der Waals surface area contributed by atoms with E-state index in [-0.39, 0.29) is 91.4 Å². The van der Waals surface area contributed by atoms with Crippen molar-refractivity contribution in [1.82, 2.24) is 31.5 Å². The first-order chi connectivity index (χ1) is 37.7. The second kappa shape index (κ2) is 39.0. The van der Waals surface area contributed by atoms with Gasteiger partial charge < -0.3 is 121 Å². The minimum absolute atomic E-state index is 0.00262. The maximum absolute atomic E-state index is 13.3. The Labute approximate surface area is 456 Å². The summed E-state index contributed by atoms with van der Waals surface area (Å²) in [5.74, 6) is -5.81. The fourth-order valence-electron chi connectivity index (χ4n) is 7.55. The number of nitrogens with two attached hydrogens (primary N) is 2. The molecule has 0 aromatic rings. The molecule has 2 heterocycles. The number of aliphatic hydroxyl groups is 4. The van der Waals surface area contributed by atoms with E-state index in [0.717, 1.165) is 13.0 Å². The zero-order valence-corrected chi connectivity index (χ0v) is 44.2. The number of carbonyl (C=O) groups excluding carboxylic acids is 4. The van der Waals surface area contributed by atoms with E-state index in [1.807, 2.05) is 0 Å². The number of aliphatic carboxylic acids is 2. The largest absolute Gasteiger partial charge is 0.480 e. The Morgan fingerprint density at radius 2 is 1.10 bits per heavy atom. The SMILES string of the molecule is C#CCOCCOCCOCCOCCC(=O)N(CCOCCNC(=O)CO[C@@H]([C@@H]1OC(C(=O)O)=C[C@H](NC(=N)N)[C@H]1C)[C@H](O)CO)CCOCCNC(=O)CO[C@@H]([C@@H]1OC(C(=O)O)=C[C@H](NC(=N)N)[C@H]1NC(C)=O)[C@H](O)CO. The van der Waals surface area contributed by atoms with Crippen LogP contribution in [0.2, 0.25) is 0 Å². The molecule has 0 unspecified atom stereocenters. The van der Waals surface area contributed by atoms with Gasteiger partial charge in [-0.25, -0.2) is 9.59 Å². The van der Waals surface area contributed by atoms with Crippen LogP contribution in [0.25, 0.3) is 0 Å². The normalized spacial score (nSPS) is 20.2. The number of nitrogens with zero attached hydrogens (tertiary/aromatic N) is 1. The Kier molecular flexibility index (Phi) is 33.9. The number of ether oxygens (including phenoxy) is 10. The average Bonchev–Trinajstić information content (AvgIpc) is 3.41. The molecule has 17 N–H and O–H groups in total. The van der Waals surface area contributed by atoms with E-state index in [9.17, 15) is 59.4 Å². The van der Waals surface area contributed by atoms with Crippen molar-refractivity contribution in [3.8, 4) is 12.3 Å². The Balaban J connectivity index is 1.94. The van der Waals surface area contributed by atoms with Crippen LogP contribution in [0.1, 0.15) is 20.3 Å². The molecule has 0 spiro atoms. The Morgan fingerprint density at radius 3 is 1.56 bits per heavy atom. The molecule has 2 aliphatic rings. The molecule has 0 saturated carbocycles. The number of hydrogen-bond donors (Lipinski definition) is 15. The van der Waals surface area contributed by atoms with Gasteiger partial charge in [-0.2, -0.15) is 0 Å². The summed E-state index contributed by atoms with van der Waals surface area (Å²) in [5, 5.41) is 88.0. The van der Waals surface area contributed by atoms with Gasteiger partial charge in [0.2, 0.25) is 35.1 Å². The van der Waals surface area contributed by atoms with E-state index >= 15 is 0 Å². The quantitative estimate of drug-likeness (QED) is 0.0117. The summed E-state index contributed by atoms with van der Waals surface area (Å²) >= 11 is 0. The first kappa shape index (κ1) is 68.6. The van der Waals surface area contributed by atoms with Gasteiger partial charge in [-0.05, 0) is 12.2 Å². The summed E-state index contributed by atoms with van der Waals surface area (Å²) in [5.41, 5.74) is 10.9. The zero-order chi connectivity index (χ0) is 58.7. The minimum Gasteiger partial charge on any atom is -0.480 e. The molecule has 0 bridgehead atoms. The fourth-order valence-corrected chi connectivity index (χ4v) is 7.55. The lowest BCUT2D eigenvalue weighted by Crippen LogP contribution is -2.64. The lowest BCUT2D eigenvalue weighted by atomic mass is 9.87. The number of terminal acetylenes is 1. The molecule has 0 aliphatic carbocycles. The smallest absolute Gasteiger partial charge is 0.370 e. The van der Waals surface area contributed by atoms with E-state index in [2.05, 4.69) is 32.5 Å². The third-order valence-corrected chi connectivity index (χ3v) is 11.3. The number of carbonyl (C=O) groups is 6. The van der Waals surface area contributed by atoms with Crippen molar-refractivity contribution >= 4 is 47.5 Å². The van der Waals surface area contributed by atoms with Gasteiger partial charge in [0.25, 0.3) is 0 Å². The third-order valence-electron chi connectivity index (χ3n) is 11.3. The summed E-state index contributed by atoms with van der Waals surface area (Å²) in [6.07, 6.45) is -1.69. The van der Waals surface area contributed by atoms with Crippen LogP contribution in [0.3, 0.4) is 0 Å². The summed E-state index contributed by atoms with van der Waals surface area (Å²) in [7, 11) is 0. The number of carboxylic acid groups (broad SMARTS) is 2. The predicted molar refractivity (Wildman–Crippen MR) is 272 cm³/mol. The number of guanidine groups is 2. The van der Waals surface area contributed by atoms with Gasteiger partial charge in [0.05, 0.1) is 110 Å². The summed E-state index contributed by atoms with van der Waals surface area (Å²) in [6.45, 7) is 1.76. The van der Waals surface area contributed by atoms with Crippen molar-refractivity contribution < 1.29 is 107 Å². The van der Waals surface area contributed by atoms with E-state index in [1.54, 1.807) is 6.92 Å². The highest BCUT2D eigenvalue weighted by Gasteiger charge is 2.46. The minimum atomic E-state index is -1.75. The Hall–Kier alpha value is -6.48. The number of carboxylic acids is 2. The van der Waals surface area contributed by atoms with Crippen molar-refractivity contribution in [1.29, 1.82) is 10.8 Å². The Morgan fingerprint density at radius 1 is 0.671 bits per heavy atom. The van der Waals surface area contributed by atoms with Crippen LogP contribution < -0.4 is 38.1 Å². The van der Waals surface area contributed by atoms with Crippen LogP contribution in [0, 0.1) is 29.1 Å². The van der Waals surface area contributed by atoms with Gasteiger partial charge in [-0.1, -0.05) is 12.8 Å². The third kappa shape index (κ3) is 27.3. The van der Waals surface area contributed by atoms with Gasteiger partial charge in [0.15, 0.2) is 18.0 Å². The monoisotopic (exact) mass is 1130 g/mol. The second-order valence-electron chi connectivity index (χ2n) is 17.3. The van der Waals surface area contributed by atoms with Gasteiger partial charge in [0, 0.05) is 39.0 Å². The molecule has 2 aliphatic heterocycles. The topological polar surface area (TPSA) is 479 Å². The van der Waals surface area contributed by atoms with E-state index in [0.29, 0.717) is 26.4 Å². The van der Waals surface area contributed by atoms with Gasteiger partial charge in [0.1, 0.15) is 50.3 Å². The van der Waals surface area contributed by atoms with Crippen LogP contribution in [-0.2, 0) is 76.1 Å². The highest BCUT2D eigenvalue weighted by atomic mass is 16.6. The van der Waals surface area contributed by atoms with E-state index in [4.69, 9.17) is 76.1 Å². The summed E-state index contributed by atoms with van der Waals surface area (Å²) in [6, 6.07) is -3.19. The first-order valence-corrected chi connectivity index (χ1v) is 25.0.